The molecule has 0 radical (unpaired) electrons. The molecule has 3 atom stereocenters. The van der Waals surface area contributed by atoms with Gasteiger partial charge in [-0.25, -0.2) is 4.98 Å². The van der Waals surface area contributed by atoms with E-state index in [1.165, 1.54) is 34.8 Å². The molecule has 1 fully saturated rings. The third-order valence-electron chi connectivity index (χ3n) is 5.49. The summed E-state index contributed by atoms with van der Waals surface area (Å²) in [4.78, 5) is 21.1. The maximum atomic E-state index is 12.7. The highest BCUT2D eigenvalue weighted by Gasteiger charge is 2.31. The molecule has 5 heteroatoms. The number of nitrogens with zero attached hydrogens (tertiary/aromatic N) is 2. The Kier molecular flexibility index (Phi) is 5.37. The van der Waals surface area contributed by atoms with Crippen molar-refractivity contribution in [2.24, 2.45) is 11.7 Å². The van der Waals surface area contributed by atoms with Gasteiger partial charge in [0, 0.05) is 23.9 Å². The summed E-state index contributed by atoms with van der Waals surface area (Å²) in [6.07, 6.45) is 8.07. The number of rotatable bonds is 4. The van der Waals surface area contributed by atoms with E-state index in [0.717, 1.165) is 38.8 Å². The summed E-state index contributed by atoms with van der Waals surface area (Å²) in [5.74, 6) is 0.785. The van der Waals surface area contributed by atoms with Gasteiger partial charge in [0.1, 0.15) is 0 Å². The van der Waals surface area contributed by atoms with Gasteiger partial charge in [0.25, 0.3) is 0 Å². The number of carbonyl (C=O) groups is 1. The zero-order valence-corrected chi connectivity index (χ0v) is 15.2. The minimum absolute atomic E-state index is 0.130. The Morgan fingerprint density at radius 2 is 2.17 bits per heavy atom. The van der Waals surface area contributed by atoms with Gasteiger partial charge in [0.2, 0.25) is 5.91 Å². The van der Waals surface area contributed by atoms with Crippen LogP contribution in [0.1, 0.15) is 67.4 Å². The Labute approximate surface area is 143 Å². The summed E-state index contributed by atoms with van der Waals surface area (Å²) in [7, 11) is 0. The minimum Gasteiger partial charge on any atom is -0.341 e. The summed E-state index contributed by atoms with van der Waals surface area (Å²) in [5, 5.41) is 1.26. The molecule has 0 saturated carbocycles. The minimum atomic E-state index is -0.358. The summed E-state index contributed by atoms with van der Waals surface area (Å²) >= 11 is 1.89. The summed E-state index contributed by atoms with van der Waals surface area (Å²) in [5.41, 5.74) is 7.49. The van der Waals surface area contributed by atoms with Gasteiger partial charge in [0.05, 0.1) is 16.7 Å². The largest absolute Gasteiger partial charge is 0.341 e. The van der Waals surface area contributed by atoms with Gasteiger partial charge < -0.3 is 10.6 Å². The maximum Gasteiger partial charge on any atom is 0.239 e. The number of piperidine rings is 1. The first kappa shape index (κ1) is 16.9. The van der Waals surface area contributed by atoms with E-state index in [1.807, 2.05) is 16.2 Å². The van der Waals surface area contributed by atoms with Crippen LogP contribution in [0.25, 0.3) is 0 Å². The van der Waals surface area contributed by atoms with Crippen LogP contribution in [0.15, 0.2) is 0 Å². The Bertz CT molecular complexity index is 533. The normalized spacial score (nSPS) is 24.1. The van der Waals surface area contributed by atoms with Gasteiger partial charge in [-0.1, -0.05) is 20.3 Å². The average molecular weight is 336 g/mol. The number of amides is 1. The molecule has 3 unspecified atom stereocenters. The van der Waals surface area contributed by atoms with Crippen molar-refractivity contribution in [1.29, 1.82) is 0 Å². The first-order valence-corrected chi connectivity index (χ1v) is 9.94. The predicted molar refractivity (Wildman–Crippen MR) is 94.7 cm³/mol. The number of carbonyl (C=O) groups excluding carboxylic acids is 1. The third kappa shape index (κ3) is 3.61. The second-order valence-electron chi connectivity index (χ2n) is 7.16. The molecule has 0 aromatic carbocycles. The lowest BCUT2D eigenvalue weighted by molar-refractivity contribution is -0.135. The fraction of sp³-hybridized carbons (Fsp3) is 0.778. The van der Waals surface area contributed by atoms with E-state index in [2.05, 4.69) is 13.8 Å². The first-order chi connectivity index (χ1) is 11.1. The van der Waals surface area contributed by atoms with E-state index in [9.17, 15) is 4.79 Å². The number of aryl methyl sites for hydroxylation is 2. The number of hydrogen-bond acceptors (Lipinski definition) is 4. The van der Waals surface area contributed by atoms with E-state index in [4.69, 9.17) is 10.7 Å². The van der Waals surface area contributed by atoms with Gasteiger partial charge >= 0.3 is 0 Å². The number of hydrogen-bond donors (Lipinski definition) is 1. The quantitative estimate of drug-likeness (QED) is 0.920. The van der Waals surface area contributed by atoms with Crippen LogP contribution < -0.4 is 5.73 Å². The highest BCUT2D eigenvalue weighted by molar-refractivity contribution is 7.11. The lowest BCUT2D eigenvalue weighted by Gasteiger charge is -2.34. The Morgan fingerprint density at radius 3 is 2.91 bits per heavy atom. The predicted octanol–water partition coefficient (Wildman–Crippen LogP) is 3.10. The number of thiazole rings is 1. The molecule has 1 aliphatic heterocycles. The van der Waals surface area contributed by atoms with Crippen LogP contribution in [0.5, 0.6) is 0 Å². The van der Waals surface area contributed by atoms with E-state index in [-0.39, 0.29) is 17.9 Å². The highest BCUT2D eigenvalue weighted by atomic mass is 32.1. The molecule has 0 spiro atoms. The molecule has 1 aromatic rings. The van der Waals surface area contributed by atoms with Gasteiger partial charge in [0.15, 0.2) is 0 Å². The monoisotopic (exact) mass is 335 g/mol. The second kappa shape index (κ2) is 7.31. The van der Waals surface area contributed by atoms with Crippen LogP contribution in [0.2, 0.25) is 0 Å². The molecule has 1 aliphatic carbocycles. The van der Waals surface area contributed by atoms with E-state index in [1.54, 1.807) is 0 Å². The van der Waals surface area contributed by atoms with Crippen LogP contribution in [0.4, 0.5) is 0 Å². The molecule has 1 amide bonds. The summed E-state index contributed by atoms with van der Waals surface area (Å²) in [6, 6.07) is -0.358. The van der Waals surface area contributed by atoms with E-state index < -0.39 is 0 Å². The number of fused-ring (bicyclic) bond motifs is 1. The van der Waals surface area contributed by atoms with Crippen molar-refractivity contribution in [1.82, 2.24) is 9.88 Å². The molecule has 2 heterocycles. The fourth-order valence-corrected chi connectivity index (χ4v) is 4.91. The molecule has 1 saturated heterocycles. The van der Waals surface area contributed by atoms with Gasteiger partial charge in [-0.2, -0.15) is 0 Å². The van der Waals surface area contributed by atoms with Crippen molar-refractivity contribution in [2.45, 2.75) is 70.8 Å². The number of aromatic nitrogens is 1. The highest BCUT2D eigenvalue weighted by Crippen LogP contribution is 2.34. The summed E-state index contributed by atoms with van der Waals surface area (Å²) in [6.45, 7) is 5.82. The fourth-order valence-electron chi connectivity index (χ4n) is 3.63. The van der Waals surface area contributed by atoms with Crippen LogP contribution in [-0.2, 0) is 17.6 Å². The molecule has 0 bridgehead atoms. The smallest absolute Gasteiger partial charge is 0.239 e. The van der Waals surface area contributed by atoms with E-state index >= 15 is 0 Å². The molecular formula is C18H29N3OS. The molecule has 23 heavy (non-hydrogen) atoms. The number of likely N-dealkylation sites (tertiary alicyclic amines) is 1. The van der Waals surface area contributed by atoms with Crippen LogP contribution in [0.3, 0.4) is 0 Å². The van der Waals surface area contributed by atoms with Crippen molar-refractivity contribution in [3.05, 3.63) is 15.6 Å². The van der Waals surface area contributed by atoms with Gasteiger partial charge in [-0.15, -0.1) is 11.3 Å². The first-order valence-electron chi connectivity index (χ1n) is 9.13. The molecule has 2 N–H and O–H groups in total. The molecule has 4 nitrogen and oxygen atoms in total. The van der Waals surface area contributed by atoms with Crippen LogP contribution in [-0.4, -0.2) is 34.9 Å². The van der Waals surface area contributed by atoms with Gasteiger partial charge in [-0.05, 0) is 44.4 Å². The molecule has 2 aliphatic rings. The second-order valence-corrected chi connectivity index (χ2v) is 8.28. The van der Waals surface area contributed by atoms with Crippen molar-refractivity contribution < 1.29 is 4.79 Å². The topological polar surface area (TPSA) is 59.2 Å². The molecular weight excluding hydrogens is 306 g/mol. The van der Waals surface area contributed by atoms with Crippen molar-refractivity contribution in [2.75, 3.05) is 13.1 Å². The van der Waals surface area contributed by atoms with E-state index in [0.29, 0.717) is 5.92 Å². The molecule has 128 valence electrons. The zero-order valence-electron chi connectivity index (χ0n) is 14.4. The maximum absolute atomic E-state index is 12.7. The standard InChI is InChI=1S/C18H29N3OS/c1-3-12(2)16(19)18(22)21-10-6-7-13(11-21)17-20-14-8-4-5-9-15(14)23-17/h12-13,16H,3-11,19H2,1-2H3. The number of nitrogens with two attached hydrogens (primary N) is 1. The molecule has 1 aromatic heterocycles. The SMILES string of the molecule is CCC(C)C(N)C(=O)N1CCCC(c2nc3c(s2)CCCC3)C1. The van der Waals surface area contributed by atoms with Crippen molar-refractivity contribution in [3.63, 3.8) is 0 Å². The van der Waals surface area contributed by atoms with Crippen LogP contribution in [0, 0.1) is 5.92 Å². The Morgan fingerprint density at radius 1 is 1.39 bits per heavy atom. The van der Waals surface area contributed by atoms with Crippen molar-refractivity contribution in [3.8, 4) is 0 Å². The molecule has 3 rings (SSSR count). The summed E-state index contributed by atoms with van der Waals surface area (Å²) < 4.78 is 0. The zero-order chi connectivity index (χ0) is 16.4. The van der Waals surface area contributed by atoms with Gasteiger partial charge in [-0.3, -0.25) is 4.79 Å². The Hall–Kier alpha value is -0.940. The lowest BCUT2D eigenvalue weighted by atomic mass is 9.94. The average Bonchev–Trinajstić information content (AvgIpc) is 3.04. The third-order valence-corrected chi connectivity index (χ3v) is 6.81. The Balaban J connectivity index is 1.68. The lowest BCUT2D eigenvalue weighted by Crippen LogP contribution is -2.50. The van der Waals surface area contributed by atoms with Crippen molar-refractivity contribution >= 4 is 17.2 Å². The van der Waals surface area contributed by atoms with Crippen LogP contribution >= 0.6 is 11.3 Å².